The fourth-order valence-corrected chi connectivity index (χ4v) is 1.71. The Labute approximate surface area is 107 Å². The Balaban J connectivity index is 2.30. The molecular formula is C14H17N3O. The zero-order chi connectivity index (χ0) is 13.0. The molecule has 0 unspecified atom stereocenters. The molecule has 0 aliphatic heterocycles. The fraction of sp³-hybridized carbons (Fsp3) is 0.286. The number of hydrogen-bond donors (Lipinski definition) is 1. The van der Waals surface area contributed by atoms with Crippen molar-refractivity contribution in [2.24, 2.45) is 0 Å². The van der Waals surface area contributed by atoms with Gasteiger partial charge in [0.15, 0.2) is 0 Å². The molecule has 0 bridgehead atoms. The van der Waals surface area contributed by atoms with Gasteiger partial charge in [0, 0.05) is 12.5 Å². The molecule has 0 aliphatic carbocycles. The van der Waals surface area contributed by atoms with Gasteiger partial charge < -0.3 is 10.5 Å². The highest BCUT2D eigenvalue weighted by molar-refractivity contribution is 5.39. The van der Waals surface area contributed by atoms with Gasteiger partial charge in [-0.15, -0.1) is 0 Å². The van der Waals surface area contributed by atoms with E-state index in [1.165, 1.54) is 0 Å². The van der Waals surface area contributed by atoms with Crippen LogP contribution in [0.3, 0.4) is 0 Å². The summed E-state index contributed by atoms with van der Waals surface area (Å²) < 4.78 is 5.79. The topological polar surface area (TPSA) is 61.0 Å². The van der Waals surface area contributed by atoms with Crippen LogP contribution in [0.1, 0.15) is 25.2 Å². The minimum Gasteiger partial charge on any atom is -0.439 e. The second-order valence-corrected chi connectivity index (χ2v) is 3.96. The summed E-state index contributed by atoms with van der Waals surface area (Å²) in [6.07, 6.45) is 1.65. The third kappa shape index (κ3) is 2.77. The SMILES string of the molecule is CCc1nc(N)cc(Oc2ccccc2CC)n1. The number of aryl methyl sites for hydroxylation is 2. The predicted molar refractivity (Wildman–Crippen MR) is 71.7 cm³/mol. The van der Waals surface area contributed by atoms with E-state index >= 15 is 0 Å². The molecule has 0 fully saturated rings. The van der Waals surface area contributed by atoms with Gasteiger partial charge in [-0.05, 0) is 18.1 Å². The summed E-state index contributed by atoms with van der Waals surface area (Å²) in [6.45, 7) is 4.08. The van der Waals surface area contributed by atoms with Crippen molar-refractivity contribution < 1.29 is 4.74 Å². The van der Waals surface area contributed by atoms with E-state index in [4.69, 9.17) is 10.5 Å². The first-order valence-electron chi connectivity index (χ1n) is 6.12. The van der Waals surface area contributed by atoms with E-state index in [0.717, 1.165) is 24.2 Å². The van der Waals surface area contributed by atoms with E-state index in [1.54, 1.807) is 6.07 Å². The molecule has 0 atom stereocenters. The number of rotatable bonds is 4. The Kier molecular flexibility index (Phi) is 3.77. The summed E-state index contributed by atoms with van der Waals surface area (Å²) in [6, 6.07) is 9.56. The number of anilines is 1. The first-order valence-corrected chi connectivity index (χ1v) is 6.12. The average Bonchev–Trinajstić information content (AvgIpc) is 2.38. The Morgan fingerprint density at radius 1 is 1.11 bits per heavy atom. The summed E-state index contributed by atoms with van der Waals surface area (Å²) in [5.74, 6) is 2.45. The maximum atomic E-state index is 5.79. The first kappa shape index (κ1) is 12.4. The molecule has 0 aliphatic rings. The molecule has 0 amide bonds. The van der Waals surface area contributed by atoms with Crippen molar-refractivity contribution in [1.82, 2.24) is 9.97 Å². The summed E-state index contributed by atoms with van der Waals surface area (Å²) >= 11 is 0. The largest absolute Gasteiger partial charge is 0.439 e. The van der Waals surface area contributed by atoms with Crippen LogP contribution in [0.5, 0.6) is 11.6 Å². The molecule has 0 radical (unpaired) electrons. The number of aromatic nitrogens is 2. The lowest BCUT2D eigenvalue weighted by molar-refractivity contribution is 0.454. The van der Waals surface area contributed by atoms with Gasteiger partial charge in [0.25, 0.3) is 0 Å². The Hall–Kier alpha value is -2.10. The molecule has 1 aromatic heterocycles. The standard InChI is InChI=1S/C14H17N3O/c1-3-10-7-5-6-8-11(10)18-14-9-12(15)16-13(4-2)17-14/h5-9H,3-4H2,1-2H3,(H2,15,16,17). The van der Waals surface area contributed by atoms with E-state index < -0.39 is 0 Å². The lowest BCUT2D eigenvalue weighted by atomic mass is 10.1. The third-order valence-electron chi connectivity index (χ3n) is 2.65. The molecular weight excluding hydrogens is 226 g/mol. The Bertz CT molecular complexity index is 540. The Morgan fingerprint density at radius 3 is 2.61 bits per heavy atom. The molecule has 2 N–H and O–H groups in total. The van der Waals surface area contributed by atoms with E-state index in [1.807, 2.05) is 31.2 Å². The lowest BCUT2D eigenvalue weighted by Gasteiger charge is -2.10. The number of benzene rings is 1. The molecule has 4 heteroatoms. The van der Waals surface area contributed by atoms with Crippen molar-refractivity contribution >= 4 is 5.82 Å². The van der Waals surface area contributed by atoms with Gasteiger partial charge >= 0.3 is 0 Å². The molecule has 18 heavy (non-hydrogen) atoms. The number of nitrogens with zero attached hydrogens (tertiary/aromatic N) is 2. The van der Waals surface area contributed by atoms with Gasteiger partial charge in [-0.1, -0.05) is 32.0 Å². The van der Waals surface area contributed by atoms with Crippen LogP contribution in [0.2, 0.25) is 0 Å². The molecule has 0 saturated heterocycles. The molecule has 1 aromatic carbocycles. The average molecular weight is 243 g/mol. The van der Waals surface area contributed by atoms with E-state index in [0.29, 0.717) is 17.5 Å². The Morgan fingerprint density at radius 2 is 1.89 bits per heavy atom. The zero-order valence-electron chi connectivity index (χ0n) is 10.7. The fourth-order valence-electron chi connectivity index (χ4n) is 1.71. The van der Waals surface area contributed by atoms with Crippen LogP contribution in [0, 0.1) is 0 Å². The minimum atomic E-state index is 0.436. The van der Waals surface area contributed by atoms with Crippen molar-refractivity contribution in [3.63, 3.8) is 0 Å². The number of nitrogens with two attached hydrogens (primary N) is 1. The highest BCUT2D eigenvalue weighted by Crippen LogP contribution is 2.25. The van der Waals surface area contributed by atoms with Crippen LogP contribution in [0.25, 0.3) is 0 Å². The highest BCUT2D eigenvalue weighted by Gasteiger charge is 2.06. The monoisotopic (exact) mass is 243 g/mol. The van der Waals surface area contributed by atoms with Crippen LogP contribution in [0.4, 0.5) is 5.82 Å². The molecule has 0 spiro atoms. The van der Waals surface area contributed by atoms with Crippen LogP contribution in [-0.4, -0.2) is 9.97 Å². The maximum Gasteiger partial charge on any atom is 0.224 e. The van der Waals surface area contributed by atoms with Crippen molar-refractivity contribution in [3.8, 4) is 11.6 Å². The maximum absolute atomic E-state index is 5.79. The van der Waals surface area contributed by atoms with Crippen LogP contribution in [0.15, 0.2) is 30.3 Å². The van der Waals surface area contributed by atoms with Crippen molar-refractivity contribution in [1.29, 1.82) is 0 Å². The summed E-state index contributed by atoms with van der Waals surface area (Å²) in [5.41, 5.74) is 6.87. The van der Waals surface area contributed by atoms with E-state index in [9.17, 15) is 0 Å². The zero-order valence-corrected chi connectivity index (χ0v) is 10.7. The second kappa shape index (κ2) is 5.49. The van der Waals surface area contributed by atoms with Crippen molar-refractivity contribution in [2.45, 2.75) is 26.7 Å². The molecule has 0 saturated carbocycles. The minimum absolute atomic E-state index is 0.436. The van der Waals surface area contributed by atoms with Crippen LogP contribution in [-0.2, 0) is 12.8 Å². The summed E-state index contributed by atoms with van der Waals surface area (Å²) in [7, 11) is 0. The second-order valence-electron chi connectivity index (χ2n) is 3.96. The van der Waals surface area contributed by atoms with Crippen LogP contribution < -0.4 is 10.5 Å². The number of para-hydroxylation sites is 1. The summed E-state index contributed by atoms with van der Waals surface area (Å²) in [5, 5.41) is 0. The lowest BCUT2D eigenvalue weighted by Crippen LogP contribution is -2.01. The smallest absolute Gasteiger partial charge is 0.224 e. The number of hydrogen-bond acceptors (Lipinski definition) is 4. The number of nitrogen functional groups attached to an aromatic ring is 1. The van der Waals surface area contributed by atoms with E-state index in [2.05, 4.69) is 16.9 Å². The van der Waals surface area contributed by atoms with Gasteiger partial charge in [-0.2, -0.15) is 4.98 Å². The van der Waals surface area contributed by atoms with Crippen molar-refractivity contribution in [2.75, 3.05) is 5.73 Å². The highest BCUT2D eigenvalue weighted by atomic mass is 16.5. The van der Waals surface area contributed by atoms with Gasteiger partial charge in [0.1, 0.15) is 17.4 Å². The predicted octanol–water partition coefficient (Wildman–Crippen LogP) is 2.98. The molecule has 2 rings (SSSR count). The van der Waals surface area contributed by atoms with Gasteiger partial charge in [0.2, 0.25) is 5.88 Å². The normalized spacial score (nSPS) is 10.3. The van der Waals surface area contributed by atoms with E-state index in [-0.39, 0.29) is 0 Å². The van der Waals surface area contributed by atoms with Crippen molar-refractivity contribution in [3.05, 3.63) is 41.7 Å². The molecule has 1 heterocycles. The molecule has 4 nitrogen and oxygen atoms in total. The van der Waals surface area contributed by atoms with Crippen LogP contribution >= 0.6 is 0 Å². The summed E-state index contributed by atoms with van der Waals surface area (Å²) in [4.78, 5) is 8.43. The first-order chi connectivity index (χ1) is 8.72. The molecule has 94 valence electrons. The van der Waals surface area contributed by atoms with Gasteiger partial charge in [-0.25, -0.2) is 4.98 Å². The quantitative estimate of drug-likeness (QED) is 0.896. The van der Waals surface area contributed by atoms with Gasteiger partial charge in [-0.3, -0.25) is 0 Å². The number of ether oxygens (including phenoxy) is 1. The van der Waals surface area contributed by atoms with Gasteiger partial charge in [0.05, 0.1) is 0 Å². The molecule has 2 aromatic rings. The third-order valence-corrected chi connectivity index (χ3v) is 2.65.